The third-order valence-electron chi connectivity index (χ3n) is 2.22. The van der Waals surface area contributed by atoms with Gasteiger partial charge >= 0.3 is 6.18 Å². The van der Waals surface area contributed by atoms with Gasteiger partial charge in [0.25, 0.3) is 0 Å². The molecular weight excluding hydrogens is 263 g/mol. The van der Waals surface area contributed by atoms with Gasteiger partial charge in [0, 0.05) is 12.1 Å². The highest BCUT2D eigenvalue weighted by Crippen LogP contribution is 2.29. The Hall–Kier alpha value is -1.43. The van der Waals surface area contributed by atoms with Crippen molar-refractivity contribution in [2.75, 3.05) is 6.54 Å². The summed E-state index contributed by atoms with van der Waals surface area (Å²) in [6.45, 7) is 2.48. The Morgan fingerprint density at radius 1 is 1.28 bits per heavy atom. The summed E-state index contributed by atoms with van der Waals surface area (Å²) in [6, 6.07) is 4.00. The van der Waals surface area contributed by atoms with Crippen molar-refractivity contribution >= 4 is 23.0 Å². The van der Waals surface area contributed by atoms with Crippen molar-refractivity contribution in [2.24, 2.45) is 0 Å². The molecule has 0 aliphatic carbocycles. The predicted octanol–water partition coefficient (Wildman–Crippen LogP) is 3.22. The topological polar surface area (TPSA) is 29.1 Å². The van der Waals surface area contributed by atoms with Gasteiger partial charge in [-0.1, -0.05) is 31.3 Å². The molecule has 1 N–H and O–H groups in total. The lowest BCUT2D eigenvalue weighted by atomic mass is 10.1. The molecule has 0 amide bonds. The summed E-state index contributed by atoms with van der Waals surface area (Å²) in [5.41, 5.74) is -0.636. The Labute approximate surface area is 108 Å². The van der Waals surface area contributed by atoms with Crippen molar-refractivity contribution in [1.29, 1.82) is 0 Å². The second-order valence-electron chi connectivity index (χ2n) is 3.66. The molecule has 0 spiro atoms. The van der Waals surface area contributed by atoms with E-state index < -0.39 is 17.5 Å². The monoisotopic (exact) mass is 275 g/mol. The van der Waals surface area contributed by atoms with Crippen LogP contribution in [-0.4, -0.2) is 17.3 Å². The van der Waals surface area contributed by atoms with Crippen LogP contribution < -0.4 is 5.32 Å². The lowest BCUT2D eigenvalue weighted by Gasteiger charge is -2.08. The number of hydrogen-bond donors (Lipinski definition) is 1. The van der Waals surface area contributed by atoms with Gasteiger partial charge in [-0.15, -0.1) is 0 Å². The molecule has 1 aromatic carbocycles. The van der Waals surface area contributed by atoms with Crippen molar-refractivity contribution in [3.63, 3.8) is 0 Å². The molecule has 2 nitrogen and oxygen atoms in total. The number of thiocarbonyl (C=S) groups is 1. The normalized spacial score (nSPS) is 11.1. The van der Waals surface area contributed by atoms with Crippen molar-refractivity contribution in [3.05, 3.63) is 35.4 Å². The van der Waals surface area contributed by atoms with Crippen LogP contribution in [0.1, 0.15) is 29.3 Å². The van der Waals surface area contributed by atoms with Crippen LogP contribution in [0.2, 0.25) is 0 Å². The number of nitrogens with one attached hydrogen (secondary N) is 1. The van der Waals surface area contributed by atoms with Crippen LogP contribution in [0, 0.1) is 0 Å². The van der Waals surface area contributed by atoms with E-state index in [2.05, 4.69) is 5.32 Å². The summed E-state index contributed by atoms with van der Waals surface area (Å²) < 4.78 is 37.0. The third kappa shape index (κ3) is 3.80. The molecule has 98 valence electrons. The number of rotatable bonds is 4. The molecule has 0 atom stereocenters. The molecule has 0 heterocycles. The number of Topliss-reactive ketones (excluding diaryl/α,β-unsaturated/α-hetero) is 1. The summed E-state index contributed by atoms with van der Waals surface area (Å²) in [5, 5.41) is 2.74. The van der Waals surface area contributed by atoms with Crippen molar-refractivity contribution in [1.82, 2.24) is 5.32 Å². The Kier molecular flexibility index (Phi) is 4.84. The van der Waals surface area contributed by atoms with Crippen molar-refractivity contribution in [3.8, 4) is 0 Å². The van der Waals surface area contributed by atoms with Gasteiger partial charge < -0.3 is 5.32 Å². The summed E-state index contributed by atoms with van der Waals surface area (Å²) in [5.74, 6) is -0.466. The standard InChI is InChI=1S/C12H12F3NOS/c1-2-7-16-11(18)10(17)8-3-5-9(6-4-8)12(13,14)15/h3-6H,2,7H2,1H3,(H,16,18). The zero-order valence-corrected chi connectivity index (χ0v) is 10.5. The Morgan fingerprint density at radius 2 is 1.83 bits per heavy atom. The van der Waals surface area contributed by atoms with Crippen molar-refractivity contribution < 1.29 is 18.0 Å². The van der Waals surface area contributed by atoms with Crippen LogP contribution in [0.15, 0.2) is 24.3 Å². The van der Waals surface area contributed by atoms with E-state index >= 15 is 0 Å². The quantitative estimate of drug-likeness (QED) is 0.675. The summed E-state index contributed by atoms with van der Waals surface area (Å²) in [7, 11) is 0. The minimum atomic E-state index is -4.40. The lowest BCUT2D eigenvalue weighted by Crippen LogP contribution is -2.29. The van der Waals surface area contributed by atoms with E-state index in [0.717, 1.165) is 30.7 Å². The zero-order chi connectivity index (χ0) is 13.8. The highest BCUT2D eigenvalue weighted by molar-refractivity contribution is 7.82. The molecule has 0 fully saturated rings. The second kappa shape index (κ2) is 5.95. The summed E-state index contributed by atoms with van der Waals surface area (Å²) >= 11 is 4.85. The number of halogens is 3. The summed E-state index contributed by atoms with van der Waals surface area (Å²) in [6.07, 6.45) is -3.59. The average molecular weight is 275 g/mol. The number of carbonyl (C=O) groups excluding carboxylic acids is 1. The Morgan fingerprint density at radius 3 is 2.28 bits per heavy atom. The fourth-order valence-electron chi connectivity index (χ4n) is 1.26. The number of benzene rings is 1. The first-order valence-electron chi connectivity index (χ1n) is 5.36. The van der Waals surface area contributed by atoms with E-state index in [1.165, 1.54) is 0 Å². The molecule has 18 heavy (non-hydrogen) atoms. The minimum Gasteiger partial charge on any atom is -0.373 e. The average Bonchev–Trinajstić information content (AvgIpc) is 2.34. The van der Waals surface area contributed by atoms with Gasteiger partial charge in [0.2, 0.25) is 5.78 Å². The SMILES string of the molecule is CCCNC(=S)C(=O)c1ccc(C(F)(F)F)cc1. The Bertz CT molecular complexity index is 440. The van der Waals surface area contributed by atoms with E-state index in [1.807, 2.05) is 6.92 Å². The van der Waals surface area contributed by atoms with Crippen LogP contribution in [0.3, 0.4) is 0 Å². The molecule has 0 aliphatic heterocycles. The smallest absolute Gasteiger partial charge is 0.373 e. The van der Waals surface area contributed by atoms with Gasteiger partial charge in [0.15, 0.2) is 0 Å². The maximum atomic E-state index is 12.3. The van der Waals surface area contributed by atoms with Gasteiger partial charge in [0.1, 0.15) is 4.99 Å². The largest absolute Gasteiger partial charge is 0.416 e. The minimum absolute atomic E-state index is 0.0246. The molecule has 6 heteroatoms. The molecule has 0 aromatic heterocycles. The number of alkyl halides is 3. The molecule has 0 aliphatic rings. The number of carbonyl (C=O) groups is 1. The molecule has 0 saturated carbocycles. The highest BCUT2D eigenvalue weighted by Gasteiger charge is 2.30. The van der Waals surface area contributed by atoms with Crippen LogP contribution >= 0.6 is 12.2 Å². The van der Waals surface area contributed by atoms with Gasteiger partial charge in [-0.25, -0.2) is 0 Å². The van der Waals surface area contributed by atoms with Gasteiger partial charge in [-0.3, -0.25) is 4.79 Å². The molecule has 1 aromatic rings. The summed E-state index contributed by atoms with van der Waals surface area (Å²) in [4.78, 5) is 11.8. The zero-order valence-electron chi connectivity index (χ0n) is 9.67. The van der Waals surface area contributed by atoms with E-state index in [9.17, 15) is 18.0 Å². The maximum Gasteiger partial charge on any atom is 0.416 e. The Balaban J connectivity index is 2.79. The van der Waals surface area contributed by atoms with Crippen LogP contribution in [0.5, 0.6) is 0 Å². The second-order valence-corrected chi connectivity index (χ2v) is 4.07. The van der Waals surface area contributed by atoms with E-state index in [0.29, 0.717) is 6.54 Å². The fraction of sp³-hybridized carbons (Fsp3) is 0.333. The van der Waals surface area contributed by atoms with E-state index in [1.54, 1.807) is 0 Å². The predicted molar refractivity (Wildman–Crippen MR) is 66.7 cm³/mol. The molecule has 1 rings (SSSR count). The lowest BCUT2D eigenvalue weighted by molar-refractivity contribution is -0.137. The fourth-order valence-corrected chi connectivity index (χ4v) is 1.48. The van der Waals surface area contributed by atoms with Gasteiger partial charge in [0.05, 0.1) is 5.56 Å². The van der Waals surface area contributed by atoms with Crippen LogP contribution in [0.25, 0.3) is 0 Å². The highest BCUT2D eigenvalue weighted by atomic mass is 32.1. The molecule has 0 saturated heterocycles. The molecule has 0 bridgehead atoms. The van der Waals surface area contributed by atoms with Crippen LogP contribution in [0.4, 0.5) is 13.2 Å². The van der Waals surface area contributed by atoms with E-state index in [4.69, 9.17) is 12.2 Å². The molecular formula is C12H12F3NOS. The van der Waals surface area contributed by atoms with Crippen LogP contribution in [-0.2, 0) is 6.18 Å². The first kappa shape index (κ1) is 14.6. The first-order valence-corrected chi connectivity index (χ1v) is 5.77. The molecule has 0 unspecified atom stereocenters. The number of ketones is 1. The van der Waals surface area contributed by atoms with Gasteiger partial charge in [-0.2, -0.15) is 13.2 Å². The third-order valence-corrected chi connectivity index (χ3v) is 2.55. The van der Waals surface area contributed by atoms with Gasteiger partial charge in [-0.05, 0) is 18.6 Å². The molecule has 0 radical (unpaired) electrons. The van der Waals surface area contributed by atoms with Crippen molar-refractivity contribution in [2.45, 2.75) is 19.5 Å². The van der Waals surface area contributed by atoms with E-state index in [-0.39, 0.29) is 10.6 Å². The number of hydrogen-bond acceptors (Lipinski definition) is 2. The maximum absolute atomic E-state index is 12.3. The first-order chi connectivity index (χ1) is 8.36.